The summed E-state index contributed by atoms with van der Waals surface area (Å²) >= 11 is 0. The molecule has 0 aromatic carbocycles. The van der Waals surface area contributed by atoms with Crippen molar-refractivity contribution in [3.8, 4) is 0 Å². The summed E-state index contributed by atoms with van der Waals surface area (Å²) in [6.07, 6.45) is -0.558. The van der Waals surface area contributed by atoms with Crippen molar-refractivity contribution >= 4 is 12.0 Å². The zero-order chi connectivity index (χ0) is 10.3. The summed E-state index contributed by atoms with van der Waals surface area (Å²) in [5, 5.41) is 4.69. The lowest BCUT2D eigenvalue weighted by Gasteiger charge is -2.07. The van der Waals surface area contributed by atoms with E-state index in [1.807, 2.05) is 13.8 Å². The maximum Gasteiger partial charge on any atom is 0.407 e. The SMILES string of the molecule is CNC(=O)CNC(=O)OCC(C)C. The second-order valence-electron chi connectivity index (χ2n) is 3.02. The standard InChI is InChI=1S/C8H16N2O3/c1-6(2)5-13-8(12)10-4-7(11)9-3/h6H,4-5H2,1-3H3,(H,9,11)(H,10,12). The van der Waals surface area contributed by atoms with Crippen molar-refractivity contribution in [2.75, 3.05) is 20.2 Å². The highest BCUT2D eigenvalue weighted by atomic mass is 16.5. The van der Waals surface area contributed by atoms with Crippen molar-refractivity contribution in [3.63, 3.8) is 0 Å². The Morgan fingerprint density at radius 2 is 2.00 bits per heavy atom. The molecule has 2 amide bonds. The number of carbonyl (C=O) groups is 2. The quantitative estimate of drug-likeness (QED) is 0.658. The largest absolute Gasteiger partial charge is 0.449 e. The predicted octanol–water partition coefficient (Wildman–Crippen LogP) is 0.115. The molecule has 0 aliphatic carbocycles. The highest BCUT2D eigenvalue weighted by Gasteiger charge is 2.04. The van der Waals surface area contributed by atoms with Gasteiger partial charge in [0.15, 0.2) is 0 Å². The summed E-state index contributed by atoms with van der Waals surface area (Å²) in [4.78, 5) is 21.5. The van der Waals surface area contributed by atoms with Crippen molar-refractivity contribution in [1.82, 2.24) is 10.6 Å². The third-order valence-electron chi connectivity index (χ3n) is 1.22. The van der Waals surface area contributed by atoms with Gasteiger partial charge in [-0.05, 0) is 5.92 Å². The fourth-order valence-corrected chi connectivity index (χ4v) is 0.534. The van der Waals surface area contributed by atoms with Gasteiger partial charge in [0.1, 0.15) is 0 Å². The molecule has 0 spiro atoms. The van der Waals surface area contributed by atoms with Gasteiger partial charge in [-0.3, -0.25) is 4.79 Å². The van der Waals surface area contributed by atoms with Crippen LogP contribution in [-0.2, 0) is 9.53 Å². The van der Waals surface area contributed by atoms with E-state index in [9.17, 15) is 9.59 Å². The Balaban J connectivity index is 3.46. The number of likely N-dealkylation sites (N-methyl/N-ethyl adjacent to an activating group) is 1. The molecule has 0 aromatic rings. The molecule has 0 radical (unpaired) electrons. The number of rotatable bonds is 4. The van der Waals surface area contributed by atoms with Crippen LogP contribution in [0.2, 0.25) is 0 Å². The van der Waals surface area contributed by atoms with E-state index in [0.717, 1.165) is 0 Å². The third-order valence-corrected chi connectivity index (χ3v) is 1.22. The third kappa shape index (κ3) is 7.11. The minimum atomic E-state index is -0.558. The second-order valence-corrected chi connectivity index (χ2v) is 3.02. The van der Waals surface area contributed by atoms with E-state index >= 15 is 0 Å². The first-order valence-corrected chi connectivity index (χ1v) is 4.17. The molecule has 13 heavy (non-hydrogen) atoms. The van der Waals surface area contributed by atoms with E-state index in [4.69, 9.17) is 4.74 Å². The summed E-state index contributed by atoms with van der Waals surface area (Å²) in [5.41, 5.74) is 0. The van der Waals surface area contributed by atoms with Crippen LogP contribution in [0.25, 0.3) is 0 Å². The number of hydrogen-bond donors (Lipinski definition) is 2. The van der Waals surface area contributed by atoms with Gasteiger partial charge in [0.25, 0.3) is 0 Å². The van der Waals surface area contributed by atoms with Crippen LogP contribution in [0.5, 0.6) is 0 Å². The fraction of sp³-hybridized carbons (Fsp3) is 0.750. The van der Waals surface area contributed by atoms with Crippen molar-refractivity contribution < 1.29 is 14.3 Å². The lowest BCUT2D eigenvalue weighted by atomic mass is 10.2. The highest BCUT2D eigenvalue weighted by Crippen LogP contribution is 1.91. The minimum absolute atomic E-state index is 0.0482. The average molecular weight is 188 g/mol. The molecular formula is C8H16N2O3. The smallest absolute Gasteiger partial charge is 0.407 e. The monoisotopic (exact) mass is 188 g/mol. The van der Waals surface area contributed by atoms with Crippen molar-refractivity contribution in [2.45, 2.75) is 13.8 Å². The van der Waals surface area contributed by atoms with E-state index in [1.54, 1.807) is 0 Å². The fourth-order valence-electron chi connectivity index (χ4n) is 0.534. The first-order valence-electron chi connectivity index (χ1n) is 4.17. The van der Waals surface area contributed by atoms with Gasteiger partial charge in [0.05, 0.1) is 13.2 Å². The highest BCUT2D eigenvalue weighted by molar-refractivity contribution is 5.81. The van der Waals surface area contributed by atoms with Crippen LogP contribution in [0, 0.1) is 5.92 Å². The molecule has 0 saturated carbocycles. The van der Waals surface area contributed by atoms with Crippen LogP contribution >= 0.6 is 0 Å². The topological polar surface area (TPSA) is 67.4 Å². The van der Waals surface area contributed by atoms with Gasteiger partial charge in [-0.15, -0.1) is 0 Å². The van der Waals surface area contributed by atoms with Crippen molar-refractivity contribution in [1.29, 1.82) is 0 Å². The maximum absolute atomic E-state index is 10.9. The van der Waals surface area contributed by atoms with Gasteiger partial charge >= 0.3 is 6.09 Å². The Bertz CT molecular complexity index is 180. The van der Waals surface area contributed by atoms with Gasteiger partial charge in [-0.25, -0.2) is 4.79 Å². The molecule has 2 N–H and O–H groups in total. The Morgan fingerprint density at radius 1 is 1.38 bits per heavy atom. The van der Waals surface area contributed by atoms with E-state index < -0.39 is 6.09 Å². The summed E-state index contributed by atoms with van der Waals surface area (Å²) < 4.78 is 4.77. The zero-order valence-electron chi connectivity index (χ0n) is 8.22. The number of alkyl carbamates (subject to hydrolysis) is 1. The number of carbonyl (C=O) groups excluding carboxylic acids is 2. The number of nitrogens with one attached hydrogen (secondary N) is 2. The van der Waals surface area contributed by atoms with E-state index in [2.05, 4.69) is 10.6 Å². The Labute approximate surface area is 77.8 Å². The summed E-state index contributed by atoms with van der Waals surface area (Å²) in [6, 6.07) is 0. The van der Waals surface area contributed by atoms with Crippen LogP contribution in [0.4, 0.5) is 4.79 Å². The Morgan fingerprint density at radius 3 is 2.46 bits per heavy atom. The van der Waals surface area contributed by atoms with Gasteiger partial charge in [-0.1, -0.05) is 13.8 Å². The van der Waals surface area contributed by atoms with Crippen LogP contribution in [0.3, 0.4) is 0 Å². The predicted molar refractivity (Wildman–Crippen MR) is 48.3 cm³/mol. The molecule has 76 valence electrons. The number of ether oxygens (including phenoxy) is 1. The number of hydrogen-bond acceptors (Lipinski definition) is 3. The first-order chi connectivity index (χ1) is 6.06. The molecule has 0 unspecified atom stereocenters. The first kappa shape index (κ1) is 11.7. The minimum Gasteiger partial charge on any atom is -0.449 e. The van der Waals surface area contributed by atoms with E-state index in [1.165, 1.54) is 7.05 Å². The zero-order valence-corrected chi connectivity index (χ0v) is 8.22. The van der Waals surface area contributed by atoms with Crippen LogP contribution in [0.15, 0.2) is 0 Å². The molecule has 0 saturated heterocycles. The van der Waals surface area contributed by atoms with E-state index in [0.29, 0.717) is 12.5 Å². The molecular weight excluding hydrogens is 172 g/mol. The van der Waals surface area contributed by atoms with E-state index in [-0.39, 0.29) is 12.5 Å². The molecule has 5 nitrogen and oxygen atoms in total. The van der Waals surface area contributed by atoms with Gasteiger partial charge < -0.3 is 15.4 Å². The van der Waals surface area contributed by atoms with Crippen molar-refractivity contribution in [3.05, 3.63) is 0 Å². The summed E-state index contributed by atoms with van der Waals surface area (Å²) in [5.74, 6) is 0.0484. The molecule has 0 bridgehead atoms. The Hall–Kier alpha value is -1.26. The van der Waals surface area contributed by atoms with Gasteiger partial charge in [0.2, 0.25) is 5.91 Å². The molecule has 0 atom stereocenters. The van der Waals surface area contributed by atoms with Crippen LogP contribution in [-0.4, -0.2) is 32.2 Å². The number of amides is 2. The molecule has 0 aliphatic rings. The lowest BCUT2D eigenvalue weighted by molar-refractivity contribution is -0.119. The van der Waals surface area contributed by atoms with Crippen LogP contribution < -0.4 is 10.6 Å². The lowest BCUT2D eigenvalue weighted by Crippen LogP contribution is -2.35. The Kier molecular flexibility index (Phi) is 5.67. The molecule has 5 heteroatoms. The normalized spacial score (nSPS) is 9.54. The summed E-state index contributed by atoms with van der Waals surface area (Å²) in [7, 11) is 1.50. The van der Waals surface area contributed by atoms with Crippen LogP contribution in [0.1, 0.15) is 13.8 Å². The molecule has 0 heterocycles. The molecule has 0 aromatic heterocycles. The summed E-state index contributed by atoms with van der Waals surface area (Å²) in [6.45, 7) is 4.19. The average Bonchev–Trinajstić information content (AvgIpc) is 2.10. The van der Waals surface area contributed by atoms with Gasteiger partial charge in [-0.2, -0.15) is 0 Å². The second kappa shape index (κ2) is 6.28. The molecule has 0 fully saturated rings. The molecule has 0 aliphatic heterocycles. The molecule has 0 rings (SSSR count). The van der Waals surface area contributed by atoms with Gasteiger partial charge in [0, 0.05) is 7.05 Å². The van der Waals surface area contributed by atoms with Crippen molar-refractivity contribution in [2.24, 2.45) is 5.92 Å². The maximum atomic E-state index is 10.9.